The maximum absolute atomic E-state index is 12.3. The molecule has 0 atom stereocenters. The van der Waals surface area contributed by atoms with Gasteiger partial charge < -0.3 is 20.9 Å². The SMILES string of the molecule is CCC(=O)NCc1ccc(C[N+](C)(C)CCNC(=O)c2ccccc2N)cc1. The smallest absolute Gasteiger partial charge is 0.253 e. The van der Waals surface area contributed by atoms with Crippen molar-refractivity contribution in [2.24, 2.45) is 0 Å². The maximum atomic E-state index is 12.3. The van der Waals surface area contributed by atoms with Crippen LogP contribution in [0.2, 0.25) is 0 Å². The highest BCUT2D eigenvalue weighted by Gasteiger charge is 2.17. The van der Waals surface area contributed by atoms with Crippen molar-refractivity contribution in [2.75, 3.05) is 32.9 Å². The quantitative estimate of drug-likeness (QED) is 0.459. The number of rotatable bonds is 9. The molecule has 0 unspecified atom stereocenters. The standard InChI is InChI=1S/C22H30N4O2/c1-4-21(27)25-15-17-9-11-18(12-10-17)16-26(2,3)14-13-24-22(28)19-7-5-6-8-20(19)23/h5-12H,4,13-16H2,1-3H3,(H3-,23,24,25,27,28)/p+1. The molecule has 2 rings (SSSR count). The van der Waals surface area contributed by atoms with Crippen LogP contribution in [0.1, 0.15) is 34.8 Å². The lowest BCUT2D eigenvalue weighted by Crippen LogP contribution is -2.44. The van der Waals surface area contributed by atoms with Gasteiger partial charge >= 0.3 is 0 Å². The zero-order chi connectivity index (χ0) is 20.6. The molecule has 6 nitrogen and oxygen atoms in total. The molecule has 0 aliphatic rings. The van der Waals surface area contributed by atoms with Gasteiger partial charge in [0.15, 0.2) is 0 Å². The first-order valence-corrected chi connectivity index (χ1v) is 9.60. The predicted octanol–water partition coefficient (Wildman–Crippen LogP) is 2.30. The lowest BCUT2D eigenvalue weighted by molar-refractivity contribution is -0.902. The molecule has 0 spiro atoms. The van der Waals surface area contributed by atoms with Crippen LogP contribution in [-0.2, 0) is 17.9 Å². The lowest BCUT2D eigenvalue weighted by atomic mass is 10.1. The van der Waals surface area contributed by atoms with E-state index in [0.717, 1.165) is 23.1 Å². The summed E-state index contributed by atoms with van der Waals surface area (Å²) in [6.07, 6.45) is 0.497. The van der Waals surface area contributed by atoms with E-state index in [1.54, 1.807) is 12.1 Å². The third kappa shape index (κ3) is 6.70. The average molecular weight is 384 g/mol. The Hall–Kier alpha value is -2.86. The highest BCUT2D eigenvalue weighted by Crippen LogP contribution is 2.12. The van der Waals surface area contributed by atoms with Crippen LogP contribution in [-0.4, -0.2) is 43.5 Å². The Labute approximate surface area is 167 Å². The van der Waals surface area contributed by atoms with Gasteiger partial charge in [-0.05, 0) is 17.7 Å². The third-order valence-corrected chi connectivity index (χ3v) is 4.65. The fourth-order valence-corrected chi connectivity index (χ4v) is 2.93. The van der Waals surface area contributed by atoms with Crippen molar-refractivity contribution < 1.29 is 14.1 Å². The molecule has 2 aromatic rings. The maximum Gasteiger partial charge on any atom is 0.253 e. The number of amides is 2. The monoisotopic (exact) mass is 383 g/mol. The van der Waals surface area contributed by atoms with Gasteiger partial charge in [-0.2, -0.15) is 0 Å². The molecule has 28 heavy (non-hydrogen) atoms. The van der Waals surface area contributed by atoms with Crippen LogP contribution in [0.4, 0.5) is 5.69 Å². The topological polar surface area (TPSA) is 84.2 Å². The molecule has 0 aliphatic carbocycles. The van der Waals surface area contributed by atoms with Crippen LogP contribution in [0.5, 0.6) is 0 Å². The van der Waals surface area contributed by atoms with Crippen molar-refractivity contribution >= 4 is 17.5 Å². The molecule has 0 fully saturated rings. The summed E-state index contributed by atoms with van der Waals surface area (Å²) in [6.45, 7) is 4.62. The Morgan fingerprint density at radius 1 is 0.964 bits per heavy atom. The van der Waals surface area contributed by atoms with Crippen molar-refractivity contribution in [3.63, 3.8) is 0 Å². The van der Waals surface area contributed by atoms with Gasteiger partial charge in [0, 0.05) is 24.2 Å². The summed E-state index contributed by atoms with van der Waals surface area (Å²) in [7, 11) is 4.27. The summed E-state index contributed by atoms with van der Waals surface area (Å²) in [5.74, 6) is -0.0854. The van der Waals surface area contributed by atoms with Crippen molar-refractivity contribution in [2.45, 2.75) is 26.4 Å². The molecule has 150 valence electrons. The highest BCUT2D eigenvalue weighted by molar-refractivity contribution is 5.99. The van der Waals surface area contributed by atoms with E-state index >= 15 is 0 Å². The minimum atomic E-state index is -0.142. The lowest BCUT2D eigenvalue weighted by Gasteiger charge is -2.30. The van der Waals surface area contributed by atoms with Crippen molar-refractivity contribution in [3.8, 4) is 0 Å². The Morgan fingerprint density at radius 3 is 2.25 bits per heavy atom. The number of carbonyl (C=O) groups is 2. The van der Waals surface area contributed by atoms with Crippen LogP contribution in [0, 0.1) is 0 Å². The second kappa shape index (κ2) is 9.90. The second-order valence-electron chi connectivity index (χ2n) is 7.61. The minimum absolute atomic E-state index is 0.0567. The molecule has 0 bridgehead atoms. The van der Waals surface area contributed by atoms with E-state index in [2.05, 4.69) is 36.9 Å². The minimum Gasteiger partial charge on any atom is -0.398 e. The van der Waals surface area contributed by atoms with E-state index in [1.807, 2.05) is 31.2 Å². The number of benzene rings is 2. The predicted molar refractivity (Wildman–Crippen MR) is 112 cm³/mol. The zero-order valence-electron chi connectivity index (χ0n) is 17.0. The third-order valence-electron chi connectivity index (χ3n) is 4.65. The first-order chi connectivity index (χ1) is 13.3. The number of nitrogens with two attached hydrogens (primary N) is 1. The highest BCUT2D eigenvalue weighted by atomic mass is 16.2. The van der Waals surface area contributed by atoms with E-state index in [9.17, 15) is 9.59 Å². The van der Waals surface area contributed by atoms with Gasteiger partial charge in [0.2, 0.25) is 5.91 Å². The van der Waals surface area contributed by atoms with Crippen LogP contribution in [0.15, 0.2) is 48.5 Å². The largest absolute Gasteiger partial charge is 0.398 e. The zero-order valence-corrected chi connectivity index (χ0v) is 17.0. The van der Waals surface area contributed by atoms with E-state index < -0.39 is 0 Å². The molecule has 0 heterocycles. The number of hydrogen-bond donors (Lipinski definition) is 3. The van der Waals surface area contributed by atoms with Gasteiger partial charge in [-0.1, -0.05) is 43.3 Å². The van der Waals surface area contributed by atoms with Crippen molar-refractivity contribution in [3.05, 3.63) is 65.2 Å². The summed E-state index contributed by atoms with van der Waals surface area (Å²) in [6, 6.07) is 15.4. The molecular formula is C22H31N4O2+. The first-order valence-electron chi connectivity index (χ1n) is 9.60. The molecule has 2 amide bonds. The molecule has 0 saturated heterocycles. The number of quaternary nitrogens is 1. The first kappa shape index (κ1) is 21.4. The van der Waals surface area contributed by atoms with E-state index in [0.29, 0.717) is 30.8 Å². The normalized spacial score (nSPS) is 11.1. The average Bonchev–Trinajstić information content (AvgIpc) is 2.67. The number of nitrogens with zero attached hydrogens (tertiary/aromatic N) is 1. The van der Waals surface area contributed by atoms with E-state index in [4.69, 9.17) is 5.73 Å². The van der Waals surface area contributed by atoms with Gasteiger partial charge in [0.1, 0.15) is 6.54 Å². The van der Waals surface area contributed by atoms with Crippen LogP contribution in [0.25, 0.3) is 0 Å². The summed E-state index contributed by atoms with van der Waals surface area (Å²) in [5, 5.41) is 5.83. The molecule has 2 aromatic carbocycles. The van der Waals surface area contributed by atoms with Crippen molar-refractivity contribution in [1.29, 1.82) is 0 Å². The van der Waals surface area contributed by atoms with Gasteiger partial charge in [0.25, 0.3) is 5.91 Å². The fourth-order valence-electron chi connectivity index (χ4n) is 2.93. The molecule has 4 N–H and O–H groups in total. The summed E-state index contributed by atoms with van der Waals surface area (Å²) in [4.78, 5) is 23.6. The van der Waals surface area contributed by atoms with Gasteiger partial charge in [-0.3, -0.25) is 9.59 Å². The molecule has 0 radical (unpaired) electrons. The Morgan fingerprint density at radius 2 is 1.61 bits per heavy atom. The van der Waals surface area contributed by atoms with Crippen LogP contribution >= 0.6 is 0 Å². The summed E-state index contributed by atoms with van der Waals surface area (Å²) >= 11 is 0. The van der Waals surface area contributed by atoms with Gasteiger partial charge in [-0.15, -0.1) is 0 Å². The number of likely N-dealkylation sites (N-methyl/N-ethyl adjacent to an activating group) is 1. The molecule has 0 saturated carbocycles. The Kier molecular flexibility index (Phi) is 7.58. The van der Waals surface area contributed by atoms with Crippen molar-refractivity contribution in [1.82, 2.24) is 10.6 Å². The fraction of sp³-hybridized carbons (Fsp3) is 0.364. The summed E-state index contributed by atoms with van der Waals surface area (Å²) in [5.41, 5.74) is 9.16. The Bertz CT molecular complexity index is 800. The number of carbonyl (C=O) groups excluding carboxylic acids is 2. The van der Waals surface area contributed by atoms with Crippen LogP contribution < -0.4 is 16.4 Å². The number of anilines is 1. The second-order valence-corrected chi connectivity index (χ2v) is 7.61. The van der Waals surface area contributed by atoms with Gasteiger partial charge in [-0.25, -0.2) is 0 Å². The molecular weight excluding hydrogens is 352 g/mol. The number of hydrogen-bond acceptors (Lipinski definition) is 3. The number of nitrogens with one attached hydrogen (secondary N) is 2. The molecule has 0 aliphatic heterocycles. The Balaban J connectivity index is 1.82. The molecule has 6 heteroatoms. The molecule has 0 aromatic heterocycles. The van der Waals surface area contributed by atoms with E-state index in [1.165, 1.54) is 5.56 Å². The summed E-state index contributed by atoms with van der Waals surface area (Å²) < 4.78 is 0.746. The van der Waals surface area contributed by atoms with E-state index in [-0.39, 0.29) is 11.8 Å². The number of nitrogen functional groups attached to an aromatic ring is 1. The number of para-hydroxylation sites is 1. The van der Waals surface area contributed by atoms with Crippen LogP contribution in [0.3, 0.4) is 0 Å². The van der Waals surface area contributed by atoms with Gasteiger partial charge in [0.05, 0.1) is 32.7 Å².